The van der Waals surface area contributed by atoms with Gasteiger partial charge < -0.3 is 10.1 Å². The van der Waals surface area contributed by atoms with Crippen LogP contribution in [0.1, 0.15) is 18.1 Å². The van der Waals surface area contributed by atoms with E-state index >= 15 is 0 Å². The number of anilines is 1. The van der Waals surface area contributed by atoms with E-state index in [1.54, 1.807) is 13.0 Å². The number of nitro groups is 1. The second kappa shape index (κ2) is 6.91. The standard InChI is InChI=1S/C17H18N2O4/c1-11-6-4-7-12(2)16(11)23-13(3)17(20)18-14-8-5-9-15(10-14)19(21)22/h4-10,13H,1-3H3,(H,18,20). The molecule has 6 nitrogen and oxygen atoms in total. The molecule has 2 aromatic rings. The van der Waals surface area contributed by atoms with Crippen LogP contribution in [0.25, 0.3) is 0 Å². The molecule has 120 valence electrons. The van der Waals surface area contributed by atoms with Crippen LogP contribution < -0.4 is 10.1 Å². The summed E-state index contributed by atoms with van der Waals surface area (Å²) in [5.41, 5.74) is 2.17. The van der Waals surface area contributed by atoms with Gasteiger partial charge in [0.2, 0.25) is 0 Å². The Bertz CT molecular complexity index is 723. The Balaban J connectivity index is 2.08. The highest BCUT2D eigenvalue weighted by Gasteiger charge is 2.17. The molecule has 0 bridgehead atoms. The first-order chi connectivity index (χ1) is 10.9. The average Bonchev–Trinajstić information content (AvgIpc) is 2.51. The number of nitro benzene ring substituents is 1. The van der Waals surface area contributed by atoms with Crippen LogP contribution in [0.5, 0.6) is 5.75 Å². The predicted octanol–water partition coefficient (Wildman–Crippen LogP) is 3.62. The van der Waals surface area contributed by atoms with Crippen molar-refractivity contribution >= 4 is 17.3 Å². The summed E-state index contributed by atoms with van der Waals surface area (Å²) in [6.45, 7) is 5.46. The molecule has 2 rings (SSSR count). The molecular weight excluding hydrogens is 296 g/mol. The number of amides is 1. The molecular formula is C17H18N2O4. The molecule has 6 heteroatoms. The van der Waals surface area contributed by atoms with Crippen molar-refractivity contribution in [3.8, 4) is 5.75 Å². The number of nitrogens with zero attached hydrogens (tertiary/aromatic N) is 1. The molecule has 1 amide bonds. The number of hydrogen-bond acceptors (Lipinski definition) is 4. The van der Waals surface area contributed by atoms with Crippen molar-refractivity contribution in [1.82, 2.24) is 0 Å². The van der Waals surface area contributed by atoms with E-state index in [-0.39, 0.29) is 11.6 Å². The van der Waals surface area contributed by atoms with Crippen LogP contribution in [-0.4, -0.2) is 16.9 Å². The molecule has 0 aliphatic heterocycles. The number of carbonyl (C=O) groups is 1. The maximum absolute atomic E-state index is 12.2. The quantitative estimate of drug-likeness (QED) is 0.675. The fourth-order valence-electron chi connectivity index (χ4n) is 2.16. The summed E-state index contributed by atoms with van der Waals surface area (Å²) in [6.07, 6.45) is -0.728. The minimum atomic E-state index is -0.728. The fraction of sp³-hybridized carbons (Fsp3) is 0.235. The molecule has 0 aliphatic carbocycles. The lowest BCUT2D eigenvalue weighted by molar-refractivity contribution is -0.384. The van der Waals surface area contributed by atoms with E-state index in [1.807, 2.05) is 32.0 Å². The van der Waals surface area contributed by atoms with Gasteiger partial charge in [-0.1, -0.05) is 24.3 Å². The largest absolute Gasteiger partial charge is 0.480 e. The van der Waals surface area contributed by atoms with Gasteiger partial charge in [0, 0.05) is 17.8 Å². The Morgan fingerprint density at radius 2 is 1.78 bits per heavy atom. The lowest BCUT2D eigenvalue weighted by atomic mass is 10.1. The molecule has 0 fully saturated rings. The summed E-state index contributed by atoms with van der Waals surface area (Å²) in [5, 5.41) is 13.4. The predicted molar refractivity (Wildman–Crippen MR) is 87.7 cm³/mol. The van der Waals surface area contributed by atoms with E-state index in [0.29, 0.717) is 11.4 Å². The monoisotopic (exact) mass is 314 g/mol. The zero-order valence-corrected chi connectivity index (χ0v) is 13.2. The molecule has 1 atom stereocenters. The number of non-ortho nitro benzene ring substituents is 1. The Kier molecular flexibility index (Phi) is 4.95. The molecule has 0 saturated heterocycles. The Morgan fingerprint density at radius 1 is 1.17 bits per heavy atom. The van der Waals surface area contributed by atoms with E-state index in [1.165, 1.54) is 18.2 Å². The smallest absolute Gasteiger partial charge is 0.271 e. The third kappa shape index (κ3) is 4.06. The minimum absolute atomic E-state index is 0.0777. The zero-order chi connectivity index (χ0) is 17.0. The van der Waals surface area contributed by atoms with E-state index < -0.39 is 11.0 Å². The number of benzene rings is 2. The highest BCUT2D eigenvalue weighted by atomic mass is 16.6. The first kappa shape index (κ1) is 16.5. The van der Waals surface area contributed by atoms with Crippen LogP contribution in [0, 0.1) is 24.0 Å². The van der Waals surface area contributed by atoms with Crippen LogP contribution in [-0.2, 0) is 4.79 Å². The lowest BCUT2D eigenvalue weighted by Crippen LogP contribution is -2.30. The van der Waals surface area contributed by atoms with Crippen LogP contribution in [0.3, 0.4) is 0 Å². The minimum Gasteiger partial charge on any atom is -0.480 e. The van der Waals surface area contributed by atoms with Crippen LogP contribution in [0.15, 0.2) is 42.5 Å². The van der Waals surface area contributed by atoms with Gasteiger partial charge in [0.25, 0.3) is 11.6 Å². The zero-order valence-electron chi connectivity index (χ0n) is 13.2. The SMILES string of the molecule is Cc1cccc(C)c1OC(C)C(=O)Nc1cccc([N+](=O)[O-])c1. The summed E-state index contributed by atoms with van der Waals surface area (Å²) in [4.78, 5) is 22.5. The van der Waals surface area contributed by atoms with Gasteiger partial charge >= 0.3 is 0 Å². The Morgan fingerprint density at radius 3 is 2.39 bits per heavy atom. The summed E-state index contributed by atoms with van der Waals surface area (Å²) >= 11 is 0. The number of carbonyl (C=O) groups excluding carboxylic acids is 1. The second-order valence-electron chi connectivity index (χ2n) is 5.28. The average molecular weight is 314 g/mol. The van der Waals surface area contributed by atoms with Gasteiger partial charge in [0.15, 0.2) is 6.10 Å². The van der Waals surface area contributed by atoms with E-state index in [9.17, 15) is 14.9 Å². The molecule has 2 aromatic carbocycles. The number of aryl methyl sites for hydroxylation is 2. The maximum atomic E-state index is 12.2. The normalized spacial score (nSPS) is 11.6. The fourth-order valence-corrected chi connectivity index (χ4v) is 2.16. The number of nitrogens with one attached hydrogen (secondary N) is 1. The molecule has 0 heterocycles. The Hall–Kier alpha value is -2.89. The van der Waals surface area contributed by atoms with E-state index in [2.05, 4.69) is 5.32 Å². The molecule has 0 spiro atoms. The molecule has 0 saturated carbocycles. The van der Waals surface area contributed by atoms with Gasteiger partial charge in [-0.25, -0.2) is 0 Å². The summed E-state index contributed by atoms with van der Waals surface area (Å²) in [6, 6.07) is 11.5. The van der Waals surface area contributed by atoms with E-state index in [4.69, 9.17) is 4.74 Å². The topological polar surface area (TPSA) is 81.5 Å². The number of para-hydroxylation sites is 1. The van der Waals surface area contributed by atoms with Crippen molar-refractivity contribution in [2.24, 2.45) is 0 Å². The molecule has 1 unspecified atom stereocenters. The van der Waals surface area contributed by atoms with Gasteiger partial charge in [0.1, 0.15) is 5.75 Å². The van der Waals surface area contributed by atoms with Crippen molar-refractivity contribution in [3.63, 3.8) is 0 Å². The molecule has 0 aliphatic rings. The summed E-state index contributed by atoms with van der Waals surface area (Å²) < 4.78 is 5.74. The van der Waals surface area contributed by atoms with Crippen LogP contribution in [0.2, 0.25) is 0 Å². The van der Waals surface area contributed by atoms with Gasteiger partial charge in [-0.2, -0.15) is 0 Å². The van der Waals surface area contributed by atoms with Gasteiger partial charge in [-0.3, -0.25) is 14.9 Å². The van der Waals surface area contributed by atoms with Gasteiger partial charge in [-0.05, 0) is 38.0 Å². The van der Waals surface area contributed by atoms with E-state index in [0.717, 1.165) is 11.1 Å². The highest BCUT2D eigenvalue weighted by Crippen LogP contribution is 2.24. The van der Waals surface area contributed by atoms with Gasteiger partial charge in [0.05, 0.1) is 4.92 Å². The molecule has 0 radical (unpaired) electrons. The molecule has 1 N–H and O–H groups in total. The number of ether oxygens (including phenoxy) is 1. The van der Waals surface area contributed by atoms with Crippen LogP contribution in [0.4, 0.5) is 11.4 Å². The maximum Gasteiger partial charge on any atom is 0.271 e. The summed E-state index contributed by atoms with van der Waals surface area (Å²) in [5.74, 6) is 0.308. The number of rotatable bonds is 5. The van der Waals surface area contributed by atoms with Crippen molar-refractivity contribution < 1.29 is 14.5 Å². The number of hydrogen-bond donors (Lipinski definition) is 1. The molecule has 0 aromatic heterocycles. The van der Waals surface area contributed by atoms with Crippen molar-refractivity contribution in [2.45, 2.75) is 26.9 Å². The first-order valence-electron chi connectivity index (χ1n) is 7.16. The lowest BCUT2D eigenvalue weighted by Gasteiger charge is -2.18. The third-order valence-electron chi connectivity index (χ3n) is 3.40. The first-order valence-corrected chi connectivity index (χ1v) is 7.16. The second-order valence-corrected chi connectivity index (χ2v) is 5.28. The highest BCUT2D eigenvalue weighted by molar-refractivity contribution is 5.94. The van der Waals surface area contributed by atoms with Crippen molar-refractivity contribution in [1.29, 1.82) is 0 Å². The van der Waals surface area contributed by atoms with Gasteiger partial charge in [-0.15, -0.1) is 0 Å². The van der Waals surface area contributed by atoms with Crippen molar-refractivity contribution in [2.75, 3.05) is 5.32 Å². The van der Waals surface area contributed by atoms with Crippen molar-refractivity contribution in [3.05, 3.63) is 63.7 Å². The van der Waals surface area contributed by atoms with Crippen LogP contribution >= 0.6 is 0 Å². The third-order valence-corrected chi connectivity index (χ3v) is 3.40. The Labute approximate surface area is 134 Å². The summed E-state index contributed by atoms with van der Waals surface area (Å²) in [7, 11) is 0. The molecule has 23 heavy (non-hydrogen) atoms.